The summed E-state index contributed by atoms with van der Waals surface area (Å²) in [4.78, 5) is 53.2. The number of ether oxygens (including phenoxy) is 3. The summed E-state index contributed by atoms with van der Waals surface area (Å²) in [5.41, 5.74) is 0.0973. The summed E-state index contributed by atoms with van der Waals surface area (Å²) in [6, 6.07) is 14.5. The molecule has 1 N–H and O–H groups in total. The Bertz CT molecular complexity index is 2640. The van der Waals surface area contributed by atoms with Crippen LogP contribution in [-0.4, -0.2) is 59.8 Å². The van der Waals surface area contributed by atoms with Crippen molar-refractivity contribution in [2.24, 2.45) is 17.8 Å². The standard InChI is InChI=1S/C43H30Cl2F5IN2O8/c1-59-22-10-13-27(60-2)19(14-22)7-4-18-5-8-21(9-6-18)52-38(55)24-12-11-23-25(29(24)39(52)56)17-42(44)40(57)53(36-34(49)32(47)31(46)33(48)35(36)50)41(58)43(42,45)30(23)20-15-26(51)37(54)28(16-20)61-3/h4-11,13-16,24-25,29-30,54H,12,17H2,1-3H3/t24-,25+,29-,30-,42+,43-/m0/s1. The van der Waals surface area contributed by atoms with Crippen LogP contribution in [0.1, 0.15) is 35.4 Å². The van der Waals surface area contributed by atoms with Crippen LogP contribution in [0.15, 0.2) is 66.2 Å². The topological polar surface area (TPSA) is 123 Å². The van der Waals surface area contributed by atoms with E-state index in [1.807, 2.05) is 0 Å². The number of methoxy groups -OCH3 is 3. The fourth-order valence-corrected chi connectivity index (χ4v) is 10.6. The first kappa shape index (κ1) is 42.5. The number of alkyl halides is 2. The summed E-state index contributed by atoms with van der Waals surface area (Å²) >= 11 is 16.2. The van der Waals surface area contributed by atoms with Gasteiger partial charge in [0.05, 0.1) is 42.4 Å². The first-order valence-corrected chi connectivity index (χ1v) is 20.2. The van der Waals surface area contributed by atoms with Crippen LogP contribution in [0, 0.1) is 50.4 Å². The van der Waals surface area contributed by atoms with Crippen molar-refractivity contribution in [1.82, 2.24) is 0 Å². The molecular formula is C43H30Cl2F5IN2O8. The second-order valence-corrected chi connectivity index (χ2v) is 17.2. The van der Waals surface area contributed by atoms with E-state index in [2.05, 4.69) is 0 Å². The van der Waals surface area contributed by atoms with Gasteiger partial charge < -0.3 is 19.3 Å². The highest BCUT2D eigenvalue weighted by atomic mass is 127. The van der Waals surface area contributed by atoms with Crippen LogP contribution in [0.4, 0.5) is 33.3 Å². The maximum absolute atomic E-state index is 15.4. The Labute approximate surface area is 367 Å². The molecule has 4 amide bonds. The third-order valence-corrected chi connectivity index (χ3v) is 14.1. The van der Waals surface area contributed by atoms with E-state index >= 15 is 8.78 Å². The maximum Gasteiger partial charge on any atom is 0.258 e. The molecule has 0 bridgehead atoms. The summed E-state index contributed by atoms with van der Waals surface area (Å²) in [7, 11) is 4.31. The molecule has 4 aliphatic rings. The highest BCUT2D eigenvalue weighted by Crippen LogP contribution is 2.66. The van der Waals surface area contributed by atoms with Crippen LogP contribution >= 0.6 is 45.8 Å². The Balaban J connectivity index is 1.21. The number of halogens is 8. The number of imide groups is 2. The highest BCUT2D eigenvalue weighted by Gasteiger charge is 2.77. The molecule has 2 aliphatic carbocycles. The number of carbonyl (C=O) groups excluding carboxylic acids is 4. The molecule has 1 saturated carbocycles. The van der Waals surface area contributed by atoms with Crippen molar-refractivity contribution >= 4 is 92.9 Å². The van der Waals surface area contributed by atoms with Crippen molar-refractivity contribution in [1.29, 1.82) is 0 Å². The fourth-order valence-electron chi connectivity index (χ4n) is 9.00. The number of fused-ring (bicyclic) bond motifs is 4. The Kier molecular flexibility index (Phi) is 10.7. The van der Waals surface area contributed by atoms with Crippen molar-refractivity contribution in [3.63, 3.8) is 0 Å². The van der Waals surface area contributed by atoms with Gasteiger partial charge in [-0.3, -0.25) is 24.1 Å². The lowest BCUT2D eigenvalue weighted by Gasteiger charge is -2.50. The van der Waals surface area contributed by atoms with Crippen molar-refractivity contribution in [3.8, 4) is 23.0 Å². The summed E-state index contributed by atoms with van der Waals surface area (Å²) < 4.78 is 90.5. The number of phenols is 1. The summed E-state index contributed by atoms with van der Waals surface area (Å²) in [6.07, 6.45) is 4.44. The smallest absolute Gasteiger partial charge is 0.258 e. The molecule has 3 fully saturated rings. The molecule has 0 spiro atoms. The molecule has 4 aromatic carbocycles. The van der Waals surface area contributed by atoms with Crippen molar-refractivity contribution in [2.75, 3.05) is 31.1 Å². The van der Waals surface area contributed by atoms with Crippen LogP contribution < -0.4 is 24.0 Å². The van der Waals surface area contributed by atoms with Gasteiger partial charge in [-0.2, -0.15) is 0 Å². The van der Waals surface area contributed by atoms with Crippen molar-refractivity contribution in [3.05, 3.63) is 116 Å². The molecule has 0 radical (unpaired) electrons. The van der Waals surface area contributed by atoms with Gasteiger partial charge in [-0.05, 0) is 94.9 Å². The Hall–Kier alpha value is -5.20. The quantitative estimate of drug-likeness (QED) is 0.0272. The average Bonchev–Trinajstić information content (AvgIpc) is 3.59. The predicted octanol–water partition coefficient (Wildman–Crippen LogP) is 8.66. The van der Waals surface area contributed by atoms with Gasteiger partial charge in [-0.1, -0.05) is 35.9 Å². The molecule has 0 aromatic heterocycles. The zero-order chi connectivity index (χ0) is 44.0. The third-order valence-electron chi connectivity index (χ3n) is 11.9. The number of benzene rings is 4. The van der Waals surface area contributed by atoms with Crippen molar-refractivity contribution < 1.29 is 60.4 Å². The van der Waals surface area contributed by atoms with Gasteiger partial charge in [0.15, 0.2) is 44.5 Å². The summed E-state index contributed by atoms with van der Waals surface area (Å²) in [5.74, 6) is -21.0. The minimum Gasteiger partial charge on any atom is -0.504 e. The third kappa shape index (κ3) is 6.14. The molecule has 0 unspecified atom stereocenters. The van der Waals surface area contributed by atoms with E-state index in [4.69, 9.17) is 37.4 Å². The molecule has 2 heterocycles. The van der Waals surface area contributed by atoms with Crippen LogP contribution in [-0.2, 0) is 19.2 Å². The van der Waals surface area contributed by atoms with Gasteiger partial charge in [0.25, 0.3) is 11.8 Å². The van der Waals surface area contributed by atoms with Gasteiger partial charge >= 0.3 is 0 Å². The van der Waals surface area contributed by atoms with Crippen LogP contribution in [0.25, 0.3) is 12.2 Å². The first-order valence-electron chi connectivity index (χ1n) is 18.4. The van der Waals surface area contributed by atoms with E-state index in [1.165, 1.54) is 33.5 Å². The number of hydrogen-bond donors (Lipinski definition) is 1. The van der Waals surface area contributed by atoms with E-state index in [-0.39, 0.29) is 43.2 Å². The van der Waals surface area contributed by atoms with Gasteiger partial charge in [0.2, 0.25) is 17.6 Å². The van der Waals surface area contributed by atoms with Crippen LogP contribution in [0.3, 0.4) is 0 Å². The highest BCUT2D eigenvalue weighted by molar-refractivity contribution is 14.1. The second-order valence-electron chi connectivity index (χ2n) is 14.8. The minimum atomic E-state index is -2.74. The summed E-state index contributed by atoms with van der Waals surface area (Å²) in [6.45, 7) is 0. The molecular weight excluding hydrogens is 965 g/mol. The van der Waals surface area contributed by atoms with E-state index in [0.717, 1.165) is 10.5 Å². The van der Waals surface area contributed by atoms with Crippen LogP contribution in [0.2, 0.25) is 0 Å². The number of phenolic OH excluding ortho intramolecular Hbond substituents is 1. The zero-order valence-electron chi connectivity index (χ0n) is 31.9. The number of rotatable bonds is 8. The molecule has 4 aromatic rings. The van der Waals surface area contributed by atoms with E-state index in [9.17, 15) is 37.5 Å². The lowest BCUT2D eigenvalue weighted by atomic mass is 9.56. The molecule has 8 rings (SSSR count). The average molecular weight is 996 g/mol. The zero-order valence-corrected chi connectivity index (χ0v) is 35.5. The number of carbonyl (C=O) groups is 4. The Morgan fingerprint density at radius 2 is 1.39 bits per heavy atom. The number of anilines is 2. The fraction of sp³-hybridized carbons (Fsp3) is 0.256. The van der Waals surface area contributed by atoms with Gasteiger partial charge in [-0.15, -0.1) is 23.2 Å². The predicted molar refractivity (Wildman–Crippen MR) is 221 cm³/mol. The lowest BCUT2D eigenvalue weighted by molar-refractivity contribution is -0.125. The second kappa shape index (κ2) is 15.3. The van der Waals surface area contributed by atoms with Gasteiger partial charge in [0, 0.05) is 11.5 Å². The number of aromatic hydroxyl groups is 1. The van der Waals surface area contributed by atoms with Gasteiger partial charge in [0.1, 0.15) is 17.2 Å². The van der Waals surface area contributed by atoms with Crippen LogP contribution in [0.5, 0.6) is 23.0 Å². The normalized spacial score (nSPS) is 25.8. The molecule has 10 nitrogen and oxygen atoms in total. The van der Waals surface area contributed by atoms with E-state index in [1.54, 1.807) is 83.3 Å². The Morgan fingerprint density at radius 3 is 2.02 bits per heavy atom. The number of hydrogen-bond acceptors (Lipinski definition) is 8. The monoisotopic (exact) mass is 994 g/mol. The lowest BCUT2D eigenvalue weighted by Crippen LogP contribution is -2.60. The molecule has 61 heavy (non-hydrogen) atoms. The first-order chi connectivity index (χ1) is 28.9. The van der Waals surface area contributed by atoms with E-state index < -0.39 is 98.2 Å². The number of allylic oxidation sites excluding steroid dienone is 2. The molecule has 316 valence electrons. The number of nitrogens with zero attached hydrogens (tertiary/aromatic N) is 2. The summed E-state index contributed by atoms with van der Waals surface area (Å²) in [5, 5.41) is 10.7. The maximum atomic E-state index is 15.4. The largest absolute Gasteiger partial charge is 0.504 e. The van der Waals surface area contributed by atoms with Gasteiger partial charge in [-0.25, -0.2) is 26.9 Å². The molecule has 6 atom stereocenters. The van der Waals surface area contributed by atoms with Crippen molar-refractivity contribution in [2.45, 2.75) is 28.5 Å². The molecule has 2 aliphatic heterocycles. The molecule has 2 saturated heterocycles. The minimum absolute atomic E-state index is 0.0602. The SMILES string of the molecule is COc1ccc(OC)c(C=Cc2ccc(N3C(=O)[C@H]4[C@H](CC=C5[C@H]4C[C@@]4(Cl)C(=O)N(c6c(F)c(F)c(F)c(F)c6F)C(=O)[C@@]4(Cl)[C@H]5c4cc(I)c(O)c(OC)c4)C3=O)cc2)c1. The molecule has 18 heteroatoms. The Morgan fingerprint density at radius 1 is 0.754 bits per heavy atom. The number of amides is 4. The van der Waals surface area contributed by atoms with E-state index in [0.29, 0.717) is 17.1 Å².